The van der Waals surface area contributed by atoms with E-state index >= 15 is 0 Å². The van der Waals surface area contributed by atoms with Crippen LogP contribution in [0.1, 0.15) is 58.9 Å². The summed E-state index contributed by atoms with van der Waals surface area (Å²) in [6.07, 6.45) is 1.09. The normalized spacial score (nSPS) is 16.9. The van der Waals surface area contributed by atoms with E-state index in [1.807, 2.05) is 20.8 Å². The van der Waals surface area contributed by atoms with Crippen LogP contribution in [0.3, 0.4) is 0 Å². The molecule has 2 rings (SSSR count). The third kappa shape index (κ3) is 6.98. The van der Waals surface area contributed by atoms with Crippen LogP contribution < -0.4 is 4.74 Å². The summed E-state index contributed by atoms with van der Waals surface area (Å²) in [4.78, 5) is 13.8. The quantitative estimate of drug-likeness (QED) is 0.581. The van der Waals surface area contributed by atoms with Gasteiger partial charge in [-0.15, -0.1) is 0 Å². The predicted molar refractivity (Wildman–Crippen MR) is 114 cm³/mol. The van der Waals surface area contributed by atoms with Crippen LogP contribution in [-0.4, -0.2) is 54.1 Å². The minimum atomic E-state index is -3.65. The highest BCUT2D eigenvalue weighted by molar-refractivity contribution is 7.54. The van der Waals surface area contributed by atoms with Gasteiger partial charge in [-0.1, -0.05) is 12.1 Å². The number of rotatable bonds is 8. The number of carbonyl (C=O) groups is 1. The first-order chi connectivity index (χ1) is 14.1. The van der Waals surface area contributed by atoms with E-state index in [4.69, 9.17) is 18.5 Å². The van der Waals surface area contributed by atoms with Gasteiger partial charge in [-0.05, 0) is 52.3 Å². The van der Waals surface area contributed by atoms with Crippen molar-refractivity contribution in [1.82, 2.24) is 4.90 Å². The van der Waals surface area contributed by atoms with Gasteiger partial charge in [0.1, 0.15) is 17.5 Å². The lowest BCUT2D eigenvalue weighted by Crippen LogP contribution is -2.44. The maximum atomic E-state index is 12.7. The van der Waals surface area contributed by atoms with Gasteiger partial charge in [0.05, 0.1) is 13.2 Å². The fourth-order valence-electron chi connectivity index (χ4n) is 3.11. The molecule has 1 fully saturated rings. The summed E-state index contributed by atoms with van der Waals surface area (Å²) in [7, 11) is -3.65. The molecule has 1 saturated heterocycles. The van der Waals surface area contributed by atoms with Crippen LogP contribution in [0.15, 0.2) is 24.3 Å². The summed E-state index contributed by atoms with van der Waals surface area (Å²) in [6.45, 7) is 10.4. The maximum Gasteiger partial charge on any atom is 0.410 e. The first-order valence-corrected chi connectivity index (χ1v) is 12.0. The SMILES string of the molecule is CCOP(=O)(OCC)C(O)c1ccc(OC2CCN(C(=O)OC(C)(C)C)CC2)cc1. The number of nitrogens with zero attached hydrogens (tertiary/aromatic N) is 1. The molecule has 0 radical (unpaired) electrons. The molecule has 0 bridgehead atoms. The van der Waals surface area contributed by atoms with Gasteiger partial charge in [-0.3, -0.25) is 4.57 Å². The minimum Gasteiger partial charge on any atom is -0.490 e. The van der Waals surface area contributed by atoms with Crippen molar-refractivity contribution in [2.75, 3.05) is 26.3 Å². The number of piperidine rings is 1. The largest absolute Gasteiger partial charge is 0.490 e. The number of benzene rings is 1. The topological polar surface area (TPSA) is 94.5 Å². The van der Waals surface area contributed by atoms with Crippen molar-refractivity contribution in [3.05, 3.63) is 29.8 Å². The average molecular weight is 443 g/mol. The Morgan fingerprint density at radius 1 is 1.13 bits per heavy atom. The van der Waals surface area contributed by atoms with E-state index in [0.29, 0.717) is 37.2 Å². The van der Waals surface area contributed by atoms with Crippen molar-refractivity contribution in [2.45, 2.75) is 65.0 Å². The molecule has 1 N–H and O–H groups in total. The molecule has 0 spiro atoms. The van der Waals surface area contributed by atoms with E-state index in [1.54, 1.807) is 43.0 Å². The van der Waals surface area contributed by atoms with Crippen molar-refractivity contribution in [3.63, 3.8) is 0 Å². The van der Waals surface area contributed by atoms with Crippen LogP contribution >= 0.6 is 7.60 Å². The van der Waals surface area contributed by atoms with Crippen molar-refractivity contribution in [2.24, 2.45) is 0 Å². The monoisotopic (exact) mass is 443 g/mol. The summed E-state index contributed by atoms with van der Waals surface area (Å²) in [5.74, 6) is -0.715. The Morgan fingerprint density at radius 3 is 2.13 bits per heavy atom. The zero-order valence-electron chi connectivity index (χ0n) is 18.5. The van der Waals surface area contributed by atoms with Crippen molar-refractivity contribution < 1.29 is 33.0 Å². The Bertz CT molecular complexity index is 714. The Hall–Kier alpha value is -1.60. The maximum absolute atomic E-state index is 12.7. The lowest BCUT2D eigenvalue weighted by Gasteiger charge is -2.33. The molecule has 1 aliphatic rings. The van der Waals surface area contributed by atoms with Gasteiger partial charge >= 0.3 is 13.7 Å². The Morgan fingerprint density at radius 2 is 1.67 bits per heavy atom. The first-order valence-electron chi connectivity index (χ1n) is 10.4. The van der Waals surface area contributed by atoms with Gasteiger partial charge in [0, 0.05) is 25.9 Å². The molecule has 0 aliphatic carbocycles. The highest BCUT2D eigenvalue weighted by Crippen LogP contribution is 2.59. The van der Waals surface area contributed by atoms with E-state index < -0.39 is 19.0 Å². The van der Waals surface area contributed by atoms with Crippen LogP contribution in [0.5, 0.6) is 5.75 Å². The number of aliphatic hydroxyl groups is 1. The lowest BCUT2D eigenvalue weighted by molar-refractivity contribution is 0.0126. The molecule has 1 aliphatic heterocycles. The van der Waals surface area contributed by atoms with Gasteiger partial charge in [0.15, 0.2) is 5.85 Å². The molecule has 1 atom stereocenters. The molecule has 0 aromatic heterocycles. The highest BCUT2D eigenvalue weighted by Gasteiger charge is 2.35. The number of carbonyl (C=O) groups excluding carboxylic acids is 1. The second kappa shape index (κ2) is 10.6. The second-order valence-corrected chi connectivity index (χ2v) is 10.2. The average Bonchev–Trinajstić information content (AvgIpc) is 2.67. The molecule has 9 heteroatoms. The summed E-state index contributed by atoms with van der Waals surface area (Å²) in [6, 6.07) is 6.75. The van der Waals surface area contributed by atoms with Gasteiger partial charge in [0.2, 0.25) is 0 Å². The minimum absolute atomic E-state index is 0.0163. The van der Waals surface area contributed by atoms with E-state index in [-0.39, 0.29) is 25.4 Å². The van der Waals surface area contributed by atoms with Crippen molar-refractivity contribution in [1.29, 1.82) is 0 Å². The van der Waals surface area contributed by atoms with Crippen LogP contribution in [0.4, 0.5) is 4.79 Å². The van der Waals surface area contributed by atoms with E-state index in [1.165, 1.54) is 0 Å². The summed E-state index contributed by atoms with van der Waals surface area (Å²) < 4.78 is 34.5. The Labute approximate surface area is 179 Å². The third-order valence-electron chi connectivity index (χ3n) is 4.49. The number of hydrogen-bond donors (Lipinski definition) is 1. The number of likely N-dealkylation sites (tertiary alicyclic amines) is 1. The first kappa shape index (κ1) is 24.7. The molecule has 1 unspecified atom stereocenters. The molecular weight excluding hydrogens is 409 g/mol. The lowest BCUT2D eigenvalue weighted by atomic mass is 10.1. The standard InChI is InChI=1S/C21H34NO7P/c1-6-26-30(25,27-7-2)19(23)16-8-10-17(11-9-16)28-18-12-14-22(15-13-18)20(24)29-21(3,4)5/h8-11,18-19,23H,6-7,12-15H2,1-5H3. The van der Waals surface area contributed by atoms with Gasteiger partial charge in [0.25, 0.3) is 0 Å². The molecule has 8 nitrogen and oxygen atoms in total. The van der Waals surface area contributed by atoms with E-state index in [2.05, 4.69) is 0 Å². The summed E-state index contributed by atoms with van der Waals surface area (Å²) in [5, 5.41) is 10.5. The molecule has 170 valence electrons. The number of amides is 1. The van der Waals surface area contributed by atoms with Crippen LogP contribution in [0.2, 0.25) is 0 Å². The molecule has 1 aromatic carbocycles. The van der Waals surface area contributed by atoms with Crippen molar-refractivity contribution in [3.8, 4) is 5.75 Å². The number of ether oxygens (including phenoxy) is 2. The van der Waals surface area contributed by atoms with Gasteiger partial charge in [-0.25, -0.2) is 4.79 Å². The molecule has 1 heterocycles. The molecule has 0 saturated carbocycles. The van der Waals surface area contributed by atoms with Crippen LogP contribution in [0.25, 0.3) is 0 Å². The van der Waals surface area contributed by atoms with Crippen LogP contribution in [0, 0.1) is 0 Å². The number of hydrogen-bond acceptors (Lipinski definition) is 7. The zero-order chi connectivity index (χ0) is 22.4. The highest BCUT2D eigenvalue weighted by atomic mass is 31.2. The fraction of sp³-hybridized carbons (Fsp3) is 0.667. The molecular formula is C21H34NO7P. The van der Waals surface area contributed by atoms with E-state index in [0.717, 1.165) is 0 Å². The fourth-order valence-corrected chi connectivity index (χ4v) is 4.73. The van der Waals surface area contributed by atoms with Crippen LogP contribution in [-0.2, 0) is 18.3 Å². The molecule has 30 heavy (non-hydrogen) atoms. The van der Waals surface area contributed by atoms with Gasteiger partial charge in [-0.2, -0.15) is 0 Å². The summed E-state index contributed by atoms with van der Waals surface area (Å²) >= 11 is 0. The van der Waals surface area contributed by atoms with Gasteiger partial charge < -0.3 is 28.5 Å². The zero-order valence-corrected chi connectivity index (χ0v) is 19.4. The smallest absolute Gasteiger partial charge is 0.410 e. The number of aliphatic hydroxyl groups excluding tert-OH is 1. The van der Waals surface area contributed by atoms with Crippen molar-refractivity contribution >= 4 is 13.7 Å². The third-order valence-corrected chi connectivity index (χ3v) is 6.63. The Kier molecular flexibility index (Phi) is 8.73. The van der Waals surface area contributed by atoms with E-state index in [9.17, 15) is 14.5 Å². The summed E-state index contributed by atoms with van der Waals surface area (Å²) in [5.41, 5.74) is -0.0715. The predicted octanol–water partition coefficient (Wildman–Crippen LogP) is 4.72. The Balaban J connectivity index is 1.91. The second-order valence-electron chi connectivity index (χ2n) is 8.10. The molecule has 1 amide bonds. The molecule has 1 aromatic rings.